The smallest absolute Gasteiger partial charge is 0.335 e. The lowest BCUT2D eigenvalue weighted by molar-refractivity contribution is -0.385. The van der Waals surface area contributed by atoms with E-state index in [-0.39, 0.29) is 11.3 Å². The van der Waals surface area contributed by atoms with Crippen molar-refractivity contribution in [3.63, 3.8) is 0 Å². The zero-order valence-corrected chi connectivity index (χ0v) is 9.05. The lowest BCUT2D eigenvalue weighted by Crippen LogP contribution is -1.99. The fourth-order valence-electron chi connectivity index (χ4n) is 1.16. The van der Waals surface area contributed by atoms with Crippen LogP contribution >= 0.6 is 12.6 Å². The minimum Gasteiger partial charge on any atom is -0.478 e. The quantitative estimate of drug-likeness (QED) is 0.479. The Bertz CT molecular complexity index is 456. The number of nitro groups is 1. The van der Waals surface area contributed by atoms with Gasteiger partial charge in [-0.1, -0.05) is 12.2 Å². The maximum absolute atomic E-state index is 10.7. The molecule has 0 aliphatic rings. The van der Waals surface area contributed by atoms with E-state index in [0.717, 1.165) is 6.07 Å². The van der Waals surface area contributed by atoms with Crippen LogP contribution in [0.15, 0.2) is 24.3 Å². The molecule has 0 aliphatic heterocycles. The van der Waals surface area contributed by atoms with Gasteiger partial charge in [-0.2, -0.15) is 12.6 Å². The molecule has 0 spiro atoms. The number of nitrogens with zero attached hydrogens (tertiary/aromatic N) is 1. The molecule has 0 aromatic heterocycles. The van der Waals surface area contributed by atoms with E-state index in [2.05, 4.69) is 12.6 Å². The van der Waals surface area contributed by atoms with E-state index >= 15 is 0 Å². The second-order valence-corrected chi connectivity index (χ2v) is 3.29. The van der Waals surface area contributed by atoms with E-state index in [0.29, 0.717) is 11.3 Å². The molecule has 1 aromatic rings. The van der Waals surface area contributed by atoms with E-state index in [9.17, 15) is 14.9 Å². The highest BCUT2D eigenvalue weighted by Crippen LogP contribution is 2.21. The lowest BCUT2D eigenvalue weighted by Gasteiger charge is -1.99. The van der Waals surface area contributed by atoms with Crippen molar-refractivity contribution in [1.29, 1.82) is 0 Å². The molecule has 0 heterocycles. The molecule has 0 saturated carbocycles. The SMILES string of the molecule is O=C(O)c1ccc(C=CCS)c([N+](=O)[O-])c1. The third-order valence-corrected chi connectivity index (χ3v) is 2.09. The predicted octanol–water partition coefficient (Wildman–Crippen LogP) is 2.24. The van der Waals surface area contributed by atoms with Gasteiger partial charge in [-0.25, -0.2) is 4.79 Å². The second kappa shape index (κ2) is 5.32. The summed E-state index contributed by atoms with van der Waals surface area (Å²) >= 11 is 3.94. The molecule has 1 aromatic carbocycles. The summed E-state index contributed by atoms with van der Waals surface area (Å²) in [7, 11) is 0. The molecule has 1 rings (SSSR count). The molecule has 0 radical (unpaired) electrons. The summed E-state index contributed by atoms with van der Waals surface area (Å²) in [5, 5.41) is 19.4. The summed E-state index contributed by atoms with van der Waals surface area (Å²) in [4.78, 5) is 20.8. The highest BCUT2D eigenvalue weighted by atomic mass is 32.1. The normalized spacial score (nSPS) is 10.6. The number of hydrogen-bond acceptors (Lipinski definition) is 4. The minimum atomic E-state index is -1.19. The Balaban J connectivity index is 3.24. The molecule has 0 aliphatic carbocycles. The zero-order chi connectivity index (χ0) is 12.1. The Morgan fingerprint density at radius 1 is 1.56 bits per heavy atom. The van der Waals surface area contributed by atoms with Gasteiger partial charge in [0.05, 0.1) is 16.1 Å². The van der Waals surface area contributed by atoms with Crippen LogP contribution in [0.4, 0.5) is 5.69 Å². The summed E-state index contributed by atoms with van der Waals surface area (Å²) in [6, 6.07) is 3.77. The van der Waals surface area contributed by atoms with Crippen molar-refractivity contribution in [1.82, 2.24) is 0 Å². The molecule has 5 nitrogen and oxygen atoms in total. The number of carboxylic acids is 1. The van der Waals surface area contributed by atoms with Crippen LogP contribution in [0.1, 0.15) is 15.9 Å². The van der Waals surface area contributed by atoms with Gasteiger partial charge >= 0.3 is 5.97 Å². The van der Waals surface area contributed by atoms with E-state index in [1.807, 2.05) is 0 Å². The third-order valence-electron chi connectivity index (χ3n) is 1.88. The summed E-state index contributed by atoms with van der Waals surface area (Å²) in [5.74, 6) is -0.731. The average Bonchev–Trinajstić information content (AvgIpc) is 2.25. The molecule has 84 valence electrons. The van der Waals surface area contributed by atoms with Crippen molar-refractivity contribution in [3.05, 3.63) is 45.5 Å². The van der Waals surface area contributed by atoms with Crippen LogP contribution in [-0.2, 0) is 0 Å². The molecule has 0 atom stereocenters. The maximum atomic E-state index is 10.7. The van der Waals surface area contributed by atoms with E-state index < -0.39 is 10.9 Å². The van der Waals surface area contributed by atoms with Gasteiger partial charge < -0.3 is 5.11 Å². The first kappa shape index (κ1) is 12.3. The number of thiol groups is 1. The van der Waals surface area contributed by atoms with E-state index in [1.165, 1.54) is 18.2 Å². The van der Waals surface area contributed by atoms with Crippen LogP contribution in [0.2, 0.25) is 0 Å². The Morgan fingerprint density at radius 2 is 2.25 bits per heavy atom. The fraction of sp³-hybridized carbons (Fsp3) is 0.100. The van der Waals surface area contributed by atoms with Crippen molar-refractivity contribution in [2.45, 2.75) is 0 Å². The first-order valence-electron chi connectivity index (χ1n) is 4.35. The zero-order valence-electron chi connectivity index (χ0n) is 8.16. The van der Waals surface area contributed by atoms with Gasteiger partial charge in [0.25, 0.3) is 5.69 Å². The molecular formula is C10H9NO4S. The van der Waals surface area contributed by atoms with Crippen LogP contribution < -0.4 is 0 Å². The lowest BCUT2D eigenvalue weighted by atomic mass is 10.1. The highest BCUT2D eigenvalue weighted by Gasteiger charge is 2.15. The number of carbonyl (C=O) groups is 1. The molecule has 1 N–H and O–H groups in total. The second-order valence-electron chi connectivity index (χ2n) is 2.92. The van der Waals surface area contributed by atoms with Crippen LogP contribution in [0.5, 0.6) is 0 Å². The molecule has 0 unspecified atom stereocenters. The van der Waals surface area contributed by atoms with Gasteiger partial charge in [-0.05, 0) is 12.1 Å². The van der Waals surface area contributed by atoms with Gasteiger partial charge in [0, 0.05) is 11.8 Å². The molecular weight excluding hydrogens is 230 g/mol. The molecule has 16 heavy (non-hydrogen) atoms. The van der Waals surface area contributed by atoms with Gasteiger partial charge in [-0.3, -0.25) is 10.1 Å². The maximum Gasteiger partial charge on any atom is 0.335 e. The van der Waals surface area contributed by atoms with Crippen LogP contribution in [-0.4, -0.2) is 21.8 Å². The number of carboxylic acid groups (broad SMARTS) is 1. The number of hydrogen-bond donors (Lipinski definition) is 2. The topological polar surface area (TPSA) is 80.4 Å². The standard InChI is InChI=1S/C10H9NO4S/c12-10(13)8-4-3-7(2-1-5-16)9(6-8)11(14)15/h1-4,6,16H,5H2,(H,12,13). The largest absolute Gasteiger partial charge is 0.478 e. The van der Waals surface area contributed by atoms with Crippen molar-refractivity contribution < 1.29 is 14.8 Å². The number of rotatable bonds is 4. The Hall–Kier alpha value is -1.82. The summed E-state index contributed by atoms with van der Waals surface area (Å²) in [5.41, 5.74) is 0.0386. The van der Waals surface area contributed by atoms with Gasteiger partial charge in [0.15, 0.2) is 0 Å². The summed E-state index contributed by atoms with van der Waals surface area (Å²) in [6.45, 7) is 0. The van der Waals surface area contributed by atoms with Gasteiger partial charge in [0.1, 0.15) is 0 Å². The number of aromatic carboxylic acids is 1. The molecule has 6 heteroatoms. The average molecular weight is 239 g/mol. The number of nitro benzene ring substituents is 1. The van der Waals surface area contributed by atoms with Crippen molar-refractivity contribution in [3.8, 4) is 0 Å². The molecule has 0 bridgehead atoms. The first-order chi connectivity index (χ1) is 7.56. The van der Waals surface area contributed by atoms with Crippen LogP contribution in [0.25, 0.3) is 6.08 Å². The van der Waals surface area contributed by atoms with Gasteiger partial charge in [0.2, 0.25) is 0 Å². The molecule has 0 fully saturated rings. The molecule has 0 saturated heterocycles. The van der Waals surface area contributed by atoms with Crippen LogP contribution in [0, 0.1) is 10.1 Å². The van der Waals surface area contributed by atoms with Gasteiger partial charge in [-0.15, -0.1) is 0 Å². The molecule has 0 amide bonds. The van der Waals surface area contributed by atoms with Crippen LogP contribution in [0.3, 0.4) is 0 Å². The highest BCUT2D eigenvalue weighted by molar-refractivity contribution is 7.80. The van der Waals surface area contributed by atoms with Crippen molar-refractivity contribution in [2.24, 2.45) is 0 Å². The Kier molecular flexibility index (Phi) is 4.07. The Labute approximate surface area is 97.0 Å². The minimum absolute atomic E-state index is 0.102. The van der Waals surface area contributed by atoms with Crippen molar-refractivity contribution in [2.75, 3.05) is 5.75 Å². The summed E-state index contributed by atoms with van der Waals surface area (Å²) in [6.07, 6.45) is 3.18. The number of benzene rings is 1. The van der Waals surface area contributed by atoms with Crippen molar-refractivity contribution >= 4 is 30.4 Å². The van der Waals surface area contributed by atoms with E-state index in [1.54, 1.807) is 6.08 Å². The van der Waals surface area contributed by atoms with E-state index in [4.69, 9.17) is 5.11 Å². The monoisotopic (exact) mass is 239 g/mol. The Morgan fingerprint density at radius 3 is 2.75 bits per heavy atom. The summed E-state index contributed by atoms with van der Waals surface area (Å²) < 4.78 is 0. The third kappa shape index (κ3) is 2.83. The first-order valence-corrected chi connectivity index (χ1v) is 4.98. The predicted molar refractivity (Wildman–Crippen MR) is 62.9 cm³/mol. The fourth-order valence-corrected chi connectivity index (χ4v) is 1.26.